The smallest absolute Gasteiger partial charge is 0.288 e. The van der Waals surface area contributed by atoms with Crippen LogP contribution in [0.2, 0.25) is 5.02 Å². The van der Waals surface area contributed by atoms with Crippen LogP contribution in [0.3, 0.4) is 0 Å². The number of hydrogen-bond acceptors (Lipinski definition) is 2. The lowest BCUT2D eigenvalue weighted by atomic mass is 10.2. The van der Waals surface area contributed by atoms with Crippen molar-refractivity contribution in [2.24, 2.45) is 0 Å². The fraction of sp³-hybridized carbons (Fsp3) is 0.0476. The molecule has 0 bridgehead atoms. The van der Waals surface area contributed by atoms with Gasteiger partial charge in [-0.1, -0.05) is 60.1 Å². The second kappa shape index (κ2) is 6.65. The van der Waals surface area contributed by atoms with Crippen LogP contribution in [0.5, 0.6) is 0 Å². The first-order valence-electron chi connectivity index (χ1n) is 8.19. The quantitative estimate of drug-likeness (QED) is 0.555. The predicted molar refractivity (Wildman–Crippen MR) is 104 cm³/mol. The van der Waals surface area contributed by atoms with Gasteiger partial charge in [0.2, 0.25) is 0 Å². The average Bonchev–Trinajstić information content (AvgIpc) is 2.66. The predicted octanol–water partition coefficient (Wildman–Crippen LogP) is 3.85. The second-order valence-electron chi connectivity index (χ2n) is 5.99. The first-order valence-corrected chi connectivity index (χ1v) is 8.57. The third-order valence-corrected chi connectivity index (χ3v) is 4.54. The van der Waals surface area contributed by atoms with Crippen LogP contribution in [-0.4, -0.2) is 9.13 Å². The maximum absolute atomic E-state index is 13.2. The zero-order valence-electron chi connectivity index (χ0n) is 13.8. The molecule has 0 radical (unpaired) electrons. The standard InChI is InChI=1S/C21H15ClN2O2/c22-16-9-6-10-17(13-16)24-20(25)18-11-4-5-12-19(18)23(21(24)26)14-15-7-2-1-3-8-15/h1-13H,14H2. The van der Waals surface area contributed by atoms with E-state index in [1.807, 2.05) is 36.4 Å². The van der Waals surface area contributed by atoms with Crippen molar-refractivity contribution in [3.05, 3.63) is 110 Å². The van der Waals surface area contributed by atoms with Gasteiger partial charge in [-0.05, 0) is 35.9 Å². The largest absolute Gasteiger partial charge is 0.336 e. The van der Waals surface area contributed by atoms with E-state index in [0.717, 1.165) is 5.56 Å². The van der Waals surface area contributed by atoms with Crippen molar-refractivity contribution < 1.29 is 0 Å². The number of nitrogens with zero attached hydrogens (tertiary/aromatic N) is 2. The Labute approximate surface area is 154 Å². The number of para-hydroxylation sites is 1. The summed E-state index contributed by atoms with van der Waals surface area (Å²) >= 11 is 6.06. The van der Waals surface area contributed by atoms with Crippen molar-refractivity contribution in [3.63, 3.8) is 0 Å². The van der Waals surface area contributed by atoms with Crippen molar-refractivity contribution >= 4 is 22.5 Å². The lowest BCUT2D eigenvalue weighted by molar-refractivity contribution is 0.714. The van der Waals surface area contributed by atoms with Crippen LogP contribution in [0.25, 0.3) is 16.6 Å². The Balaban J connectivity index is 2.05. The molecule has 4 nitrogen and oxygen atoms in total. The van der Waals surface area contributed by atoms with Crippen LogP contribution in [0.1, 0.15) is 5.56 Å². The minimum Gasteiger partial charge on any atom is -0.288 e. The van der Waals surface area contributed by atoms with Crippen LogP contribution in [0.4, 0.5) is 0 Å². The molecule has 4 aromatic rings. The van der Waals surface area contributed by atoms with Gasteiger partial charge in [0, 0.05) is 5.02 Å². The monoisotopic (exact) mass is 362 g/mol. The summed E-state index contributed by atoms with van der Waals surface area (Å²) in [7, 11) is 0. The van der Waals surface area contributed by atoms with Crippen molar-refractivity contribution in [2.45, 2.75) is 6.54 Å². The lowest BCUT2D eigenvalue weighted by Crippen LogP contribution is -2.39. The van der Waals surface area contributed by atoms with Crippen LogP contribution in [0.15, 0.2) is 88.5 Å². The van der Waals surface area contributed by atoms with Gasteiger partial charge < -0.3 is 0 Å². The van der Waals surface area contributed by atoms with Gasteiger partial charge in [0.1, 0.15) is 0 Å². The molecule has 0 unspecified atom stereocenters. The molecular formula is C21H15ClN2O2. The zero-order chi connectivity index (χ0) is 18.1. The molecule has 26 heavy (non-hydrogen) atoms. The average molecular weight is 363 g/mol. The van der Waals surface area contributed by atoms with Crippen molar-refractivity contribution in [1.29, 1.82) is 0 Å². The number of rotatable bonds is 3. The van der Waals surface area contributed by atoms with Gasteiger partial charge in [-0.15, -0.1) is 0 Å². The molecule has 0 saturated carbocycles. The molecule has 0 amide bonds. The van der Waals surface area contributed by atoms with Crippen LogP contribution in [0, 0.1) is 0 Å². The summed E-state index contributed by atoms with van der Waals surface area (Å²) in [6, 6.07) is 23.6. The van der Waals surface area contributed by atoms with E-state index in [0.29, 0.717) is 28.2 Å². The molecule has 0 aliphatic rings. The number of aromatic nitrogens is 2. The zero-order valence-corrected chi connectivity index (χ0v) is 14.6. The summed E-state index contributed by atoms with van der Waals surface area (Å²) < 4.78 is 2.80. The molecule has 1 heterocycles. The molecule has 0 saturated heterocycles. The summed E-state index contributed by atoms with van der Waals surface area (Å²) in [5.74, 6) is 0. The third-order valence-electron chi connectivity index (χ3n) is 4.30. The van der Waals surface area contributed by atoms with Gasteiger partial charge in [-0.3, -0.25) is 9.36 Å². The first-order chi connectivity index (χ1) is 12.6. The highest BCUT2D eigenvalue weighted by atomic mass is 35.5. The van der Waals surface area contributed by atoms with E-state index >= 15 is 0 Å². The second-order valence-corrected chi connectivity index (χ2v) is 6.43. The fourth-order valence-electron chi connectivity index (χ4n) is 3.08. The number of benzene rings is 3. The molecule has 0 N–H and O–H groups in total. The Kier molecular flexibility index (Phi) is 4.19. The van der Waals surface area contributed by atoms with Crippen molar-refractivity contribution in [1.82, 2.24) is 9.13 Å². The maximum atomic E-state index is 13.2. The van der Waals surface area contributed by atoms with E-state index in [1.54, 1.807) is 47.0 Å². The molecule has 0 spiro atoms. The number of halogens is 1. The summed E-state index contributed by atoms with van der Waals surface area (Å²) in [6.45, 7) is 0.376. The lowest BCUT2D eigenvalue weighted by Gasteiger charge is -2.14. The highest BCUT2D eigenvalue weighted by Crippen LogP contribution is 2.15. The Morgan fingerprint density at radius 2 is 1.54 bits per heavy atom. The highest BCUT2D eigenvalue weighted by Gasteiger charge is 2.14. The molecular weight excluding hydrogens is 348 g/mol. The third kappa shape index (κ3) is 2.85. The van der Waals surface area contributed by atoms with Crippen molar-refractivity contribution in [2.75, 3.05) is 0 Å². The van der Waals surface area contributed by atoms with E-state index in [4.69, 9.17) is 11.6 Å². The molecule has 0 fully saturated rings. The fourth-order valence-corrected chi connectivity index (χ4v) is 3.27. The first kappa shape index (κ1) is 16.4. The van der Waals surface area contributed by atoms with Gasteiger partial charge in [-0.2, -0.15) is 0 Å². The van der Waals surface area contributed by atoms with Gasteiger partial charge in [0.25, 0.3) is 5.56 Å². The van der Waals surface area contributed by atoms with Gasteiger partial charge >= 0.3 is 5.69 Å². The van der Waals surface area contributed by atoms with E-state index in [9.17, 15) is 9.59 Å². The summed E-state index contributed by atoms with van der Waals surface area (Å²) in [5.41, 5.74) is 1.32. The Bertz CT molecular complexity index is 1210. The molecule has 3 aromatic carbocycles. The maximum Gasteiger partial charge on any atom is 0.336 e. The summed E-state index contributed by atoms with van der Waals surface area (Å²) in [6.07, 6.45) is 0. The van der Waals surface area contributed by atoms with Crippen molar-refractivity contribution in [3.8, 4) is 5.69 Å². The van der Waals surface area contributed by atoms with Crippen LogP contribution >= 0.6 is 11.6 Å². The minimum absolute atomic E-state index is 0.350. The Hall–Kier alpha value is -3.11. The molecule has 1 aromatic heterocycles. The SMILES string of the molecule is O=c1c2ccccc2n(Cc2ccccc2)c(=O)n1-c1cccc(Cl)c1. The molecule has 128 valence electrons. The van der Waals surface area contributed by atoms with Crippen LogP contribution < -0.4 is 11.2 Å². The normalized spacial score (nSPS) is 11.0. The van der Waals surface area contributed by atoms with E-state index in [1.165, 1.54) is 4.57 Å². The van der Waals surface area contributed by atoms with Gasteiger partial charge in [0.05, 0.1) is 23.1 Å². The summed E-state index contributed by atoms with van der Waals surface area (Å²) in [4.78, 5) is 26.2. The molecule has 0 aliphatic heterocycles. The van der Waals surface area contributed by atoms with Gasteiger partial charge in [-0.25, -0.2) is 9.36 Å². The van der Waals surface area contributed by atoms with E-state index < -0.39 is 0 Å². The van der Waals surface area contributed by atoms with Crippen LogP contribution in [-0.2, 0) is 6.54 Å². The number of hydrogen-bond donors (Lipinski definition) is 0. The molecule has 0 atom stereocenters. The van der Waals surface area contributed by atoms with E-state index in [-0.39, 0.29) is 11.2 Å². The number of fused-ring (bicyclic) bond motifs is 1. The summed E-state index contributed by atoms with van der Waals surface area (Å²) in [5, 5.41) is 0.958. The highest BCUT2D eigenvalue weighted by molar-refractivity contribution is 6.30. The molecule has 4 rings (SSSR count). The Morgan fingerprint density at radius 1 is 0.808 bits per heavy atom. The van der Waals surface area contributed by atoms with E-state index in [2.05, 4.69) is 0 Å². The molecule has 0 aliphatic carbocycles. The topological polar surface area (TPSA) is 44.0 Å². The minimum atomic E-state index is -0.389. The van der Waals surface area contributed by atoms with Gasteiger partial charge in [0.15, 0.2) is 0 Å². The Morgan fingerprint density at radius 3 is 2.31 bits per heavy atom. The molecule has 5 heteroatoms.